The normalized spacial score (nSPS) is 25.5. The number of carbonyl (C=O) groups excluding carboxylic acids is 2. The molecule has 2 aromatic rings. The molecule has 2 aliphatic heterocycles. The molecule has 3 fully saturated rings. The summed E-state index contributed by atoms with van der Waals surface area (Å²) in [5, 5.41) is 5.17. The quantitative estimate of drug-likeness (QED) is 0.614. The number of carbonyl (C=O) groups is 2. The average molecular weight is 467 g/mol. The van der Waals surface area contributed by atoms with Crippen LogP contribution in [0.1, 0.15) is 55.5 Å². The third-order valence-electron chi connectivity index (χ3n) is 7.80. The Balaban J connectivity index is 1.32. The van der Waals surface area contributed by atoms with Crippen LogP contribution >= 0.6 is 11.3 Å². The summed E-state index contributed by atoms with van der Waals surface area (Å²) in [6, 6.07) is 9.44. The summed E-state index contributed by atoms with van der Waals surface area (Å²) in [6.07, 6.45) is 11.0. The van der Waals surface area contributed by atoms with Gasteiger partial charge in [0, 0.05) is 24.2 Å². The molecule has 3 aliphatic rings. The minimum absolute atomic E-state index is 0.0539. The van der Waals surface area contributed by atoms with E-state index in [4.69, 9.17) is 0 Å². The van der Waals surface area contributed by atoms with Crippen LogP contribution in [0.2, 0.25) is 0 Å². The largest absolute Gasteiger partial charge is 0.325 e. The molecule has 1 saturated carbocycles. The van der Waals surface area contributed by atoms with Gasteiger partial charge < -0.3 is 10.2 Å². The number of imide groups is 1. The fourth-order valence-corrected chi connectivity index (χ4v) is 6.71. The number of piperidine rings is 1. The molecule has 4 heterocycles. The molecule has 176 valence electrons. The molecule has 1 N–H and O–H groups in total. The van der Waals surface area contributed by atoms with Gasteiger partial charge in [0.15, 0.2) is 5.54 Å². The maximum atomic E-state index is 13.9. The highest BCUT2D eigenvalue weighted by Crippen LogP contribution is 2.41. The van der Waals surface area contributed by atoms with Gasteiger partial charge >= 0.3 is 6.03 Å². The standard InChI is InChI=1S/C26H34N4O2S/c31-24-26(23-10-4-5-14-27-23,28-25(32)30(24)17-13-22-9-6-18-33-22)21-11-15-29(16-12-21)19-20-7-2-1-3-8-20/h4-6,9-10,14,18,20-21H,1-3,7-8,11-13,15-17,19H2,(H,28,32)/t26-/m0/s1. The summed E-state index contributed by atoms with van der Waals surface area (Å²) in [7, 11) is 0. The maximum absolute atomic E-state index is 13.9. The number of nitrogens with one attached hydrogen (secondary N) is 1. The zero-order valence-electron chi connectivity index (χ0n) is 19.2. The smallest absolute Gasteiger partial charge is 0.318 e. The van der Waals surface area contributed by atoms with Crippen LogP contribution in [0, 0.1) is 11.8 Å². The molecule has 1 aliphatic carbocycles. The fraction of sp³-hybridized carbons (Fsp3) is 0.577. The molecule has 0 bridgehead atoms. The Kier molecular flexibility index (Phi) is 6.79. The third-order valence-corrected chi connectivity index (χ3v) is 8.74. The zero-order valence-corrected chi connectivity index (χ0v) is 20.1. The van der Waals surface area contributed by atoms with Crippen LogP contribution in [0.4, 0.5) is 4.79 Å². The van der Waals surface area contributed by atoms with E-state index in [0.717, 1.165) is 31.8 Å². The van der Waals surface area contributed by atoms with E-state index in [1.165, 1.54) is 48.4 Å². The van der Waals surface area contributed by atoms with Crippen molar-refractivity contribution in [3.05, 3.63) is 52.5 Å². The van der Waals surface area contributed by atoms with Gasteiger partial charge in [-0.25, -0.2) is 4.79 Å². The third kappa shape index (κ3) is 4.58. The van der Waals surface area contributed by atoms with Crippen molar-refractivity contribution in [2.75, 3.05) is 26.2 Å². The number of thiophene rings is 1. The Hall–Kier alpha value is -2.25. The van der Waals surface area contributed by atoms with Crippen LogP contribution in [0.5, 0.6) is 0 Å². The minimum Gasteiger partial charge on any atom is -0.318 e. The van der Waals surface area contributed by atoms with E-state index in [9.17, 15) is 9.59 Å². The van der Waals surface area contributed by atoms with E-state index < -0.39 is 5.54 Å². The first-order valence-electron chi connectivity index (χ1n) is 12.5. The van der Waals surface area contributed by atoms with Crippen LogP contribution in [0.25, 0.3) is 0 Å². The lowest BCUT2D eigenvalue weighted by Gasteiger charge is -2.41. The number of hydrogen-bond donors (Lipinski definition) is 1. The summed E-state index contributed by atoms with van der Waals surface area (Å²) in [4.78, 5) is 36.7. The number of nitrogens with zero attached hydrogens (tertiary/aromatic N) is 3. The second-order valence-corrected chi connectivity index (χ2v) is 10.9. The molecule has 7 heteroatoms. The van der Waals surface area contributed by atoms with Crippen molar-refractivity contribution in [3.8, 4) is 0 Å². The van der Waals surface area contributed by atoms with Gasteiger partial charge in [-0.1, -0.05) is 31.4 Å². The SMILES string of the molecule is O=C1N[C@](c2ccccn2)(C2CCN(CC3CCCCC3)CC2)C(=O)N1CCc1cccs1. The molecule has 0 radical (unpaired) electrons. The topological polar surface area (TPSA) is 65.5 Å². The Morgan fingerprint density at radius 2 is 1.85 bits per heavy atom. The lowest BCUT2D eigenvalue weighted by atomic mass is 9.74. The number of pyridine rings is 1. The summed E-state index contributed by atoms with van der Waals surface area (Å²) in [5.41, 5.74) is -0.377. The van der Waals surface area contributed by atoms with Crippen molar-refractivity contribution in [2.24, 2.45) is 11.8 Å². The number of hydrogen-bond acceptors (Lipinski definition) is 5. The first-order valence-corrected chi connectivity index (χ1v) is 13.3. The van der Waals surface area contributed by atoms with Crippen LogP contribution in [-0.2, 0) is 16.8 Å². The molecule has 1 atom stereocenters. The molecule has 2 aromatic heterocycles. The second kappa shape index (κ2) is 9.94. The van der Waals surface area contributed by atoms with E-state index in [-0.39, 0.29) is 17.9 Å². The molecule has 0 aromatic carbocycles. The van der Waals surface area contributed by atoms with Crippen LogP contribution in [0.15, 0.2) is 41.9 Å². The Morgan fingerprint density at radius 1 is 1.03 bits per heavy atom. The highest BCUT2D eigenvalue weighted by molar-refractivity contribution is 7.09. The number of rotatable bonds is 7. The average Bonchev–Trinajstić information content (AvgIpc) is 3.46. The molecule has 0 unspecified atom stereocenters. The van der Waals surface area contributed by atoms with E-state index >= 15 is 0 Å². The Morgan fingerprint density at radius 3 is 2.55 bits per heavy atom. The number of amides is 3. The van der Waals surface area contributed by atoms with Gasteiger partial charge in [0.25, 0.3) is 5.91 Å². The number of likely N-dealkylation sites (tertiary alicyclic amines) is 1. The molecule has 33 heavy (non-hydrogen) atoms. The minimum atomic E-state index is -1.05. The molecule has 2 saturated heterocycles. The van der Waals surface area contributed by atoms with Gasteiger partial charge in [0.1, 0.15) is 0 Å². The molecule has 6 nitrogen and oxygen atoms in total. The van der Waals surface area contributed by atoms with Crippen LogP contribution < -0.4 is 5.32 Å². The number of urea groups is 1. The van der Waals surface area contributed by atoms with Crippen molar-refractivity contribution in [1.82, 2.24) is 20.1 Å². The van der Waals surface area contributed by atoms with Crippen LogP contribution in [-0.4, -0.2) is 52.9 Å². The van der Waals surface area contributed by atoms with Gasteiger partial charge in [0.2, 0.25) is 0 Å². The summed E-state index contributed by atoms with van der Waals surface area (Å²) < 4.78 is 0. The summed E-state index contributed by atoms with van der Waals surface area (Å²) in [5.74, 6) is 0.743. The molecule has 3 amide bonds. The predicted molar refractivity (Wildman–Crippen MR) is 130 cm³/mol. The van der Waals surface area contributed by atoms with Gasteiger partial charge in [-0.05, 0) is 80.6 Å². The van der Waals surface area contributed by atoms with Gasteiger partial charge in [-0.15, -0.1) is 11.3 Å². The maximum Gasteiger partial charge on any atom is 0.325 e. The van der Waals surface area contributed by atoms with Gasteiger partial charge in [0.05, 0.1) is 5.69 Å². The monoisotopic (exact) mass is 466 g/mol. The lowest BCUT2D eigenvalue weighted by molar-refractivity contribution is -0.134. The molecule has 0 spiro atoms. The fourth-order valence-electron chi connectivity index (χ4n) is 6.01. The number of aromatic nitrogens is 1. The van der Waals surface area contributed by atoms with Crippen LogP contribution in [0.3, 0.4) is 0 Å². The summed E-state index contributed by atoms with van der Waals surface area (Å²) >= 11 is 1.66. The van der Waals surface area contributed by atoms with Crippen molar-refractivity contribution in [2.45, 2.75) is 56.9 Å². The van der Waals surface area contributed by atoms with Crippen molar-refractivity contribution in [1.29, 1.82) is 0 Å². The highest BCUT2D eigenvalue weighted by Gasteiger charge is 2.57. The van der Waals surface area contributed by atoms with E-state index in [0.29, 0.717) is 18.7 Å². The Bertz CT molecular complexity index is 936. The second-order valence-electron chi connectivity index (χ2n) is 9.82. The van der Waals surface area contributed by atoms with E-state index in [1.54, 1.807) is 17.5 Å². The molecular formula is C26H34N4O2S. The Labute approximate surface area is 200 Å². The van der Waals surface area contributed by atoms with Gasteiger partial charge in [-0.2, -0.15) is 0 Å². The van der Waals surface area contributed by atoms with Crippen molar-refractivity contribution < 1.29 is 9.59 Å². The van der Waals surface area contributed by atoms with Gasteiger partial charge in [-0.3, -0.25) is 14.7 Å². The van der Waals surface area contributed by atoms with Crippen molar-refractivity contribution >= 4 is 23.3 Å². The highest BCUT2D eigenvalue weighted by atomic mass is 32.1. The summed E-state index contributed by atoms with van der Waals surface area (Å²) in [6.45, 7) is 3.54. The van der Waals surface area contributed by atoms with Crippen molar-refractivity contribution in [3.63, 3.8) is 0 Å². The van der Waals surface area contributed by atoms with E-state index in [1.807, 2.05) is 29.6 Å². The first-order chi connectivity index (χ1) is 16.2. The first kappa shape index (κ1) is 22.5. The lowest BCUT2D eigenvalue weighted by Crippen LogP contribution is -2.54. The predicted octanol–water partition coefficient (Wildman–Crippen LogP) is 4.43. The van der Waals surface area contributed by atoms with E-state index in [2.05, 4.69) is 21.3 Å². The molecule has 5 rings (SSSR count). The zero-order chi connectivity index (χ0) is 22.7. The molecular weight excluding hydrogens is 432 g/mol.